The lowest BCUT2D eigenvalue weighted by Gasteiger charge is -2.18. The number of nitriles is 1. The molecule has 8 rings (SSSR count). The van der Waals surface area contributed by atoms with Crippen LogP contribution in [0.2, 0.25) is 0 Å². The molecule has 0 amide bonds. The van der Waals surface area contributed by atoms with Crippen molar-refractivity contribution >= 4 is 39.5 Å². The standard InChI is InChI=1S/C41H39N7O3/c1-25-31(7-5-9-33(25)40-46-36-20-27(19-30(21-42)38(36)51-40)22-48-18-13-29(24-48)41(49)50)32-8-6-10-35(26(32)2)45-39-37-34(12-15-44-39)28(11-14-43-37)23-47-16-3-4-17-47/h5-12,14-15,19-20,29H,3-4,13,16-18,22-24H2,1-2H3,(H,44,45)(H,49,50)/t29-/m0/s1. The fourth-order valence-corrected chi connectivity index (χ4v) is 7.71. The first kappa shape index (κ1) is 32.6. The van der Waals surface area contributed by atoms with Gasteiger partial charge >= 0.3 is 5.97 Å². The van der Waals surface area contributed by atoms with E-state index in [1.807, 2.05) is 42.7 Å². The number of hydrogen-bond acceptors (Lipinski definition) is 9. The molecular formula is C41H39N7O3. The lowest BCUT2D eigenvalue weighted by atomic mass is 9.93. The first-order chi connectivity index (χ1) is 24.9. The van der Waals surface area contributed by atoms with E-state index in [0.717, 1.165) is 75.4 Å². The fraction of sp³-hybridized carbons (Fsp3) is 0.293. The number of nitrogens with zero attached hydrogens (tertiary/aromatic N) is 6. The smallest absolute Gasteiger partial charge is 0.307 e. The van der Waals surface area contributed by atoms with Gasteiger partial charge in [-0.15, -0.1) is 0 Å². The monoisotopic (exact) mass is 677 g/mol. The Hall–Kier alpha value is -5.63. The minimum Gasteiger partial charge on any atom is -0.481 e. The largest absolute Gasteiger partial charge is 0.481 e. The number of nitrogens with one attached hydrogen (secondary N) is 1. The highest BCUT2D eigenvalue weighted by atomic mass is 16.4. The molecule has 2 saturated heterocycles. The lowest BCUT2D eigenvalue weighted by molar-refractivity contribution is -0.141. The second-order valence-corrected chi connectivity index (χ2v) is 13.8. The predicted octanol–water partition coefficient (Wildman–Crippen LogP) is 7.84. The van der Waals surface area contributed by atoms with Crippen LogP contribution < -0.4 is 5.32 Å². The molecule has 2 N–H and O–H groups in total. The van der Waals surface area contributed by atoms with Gasteiger partial charge in [0.1, 0.15) is 17.1 Å². The van der Waals surface area contributed by atoms with Crippen molar-refractivity contribution in [2.24, 2.45) is 5.92 Å². The third kappa shape index (κ3) is 6.31. The molecular weight excluding hydrogens is 638 g/mol. The summed E-state index contributed by atoms with van der Waals surface area (Å²) in [5.41, 5.74) is 10.5. The molecule has 3 aromatic heterocycles. The summed E-state index contributed by atoms with van der Waals surface area (Å²) in [6, 6.07) is 22.6. The van der Waals surface area contributed by atoms with Gasteiger partial charge in [-0.25, -0.2) is 9.97 Å². The highest BCUT2D eigenvalue weighted by molar-refractivity contribution is 5.93. The quantitative estimate of drug-likeness (QED) is 0.156. The Labute approximate surface area is 296 Å². The van der Waals surface area contributed by atoms with Crippen molar-refractivity contribution in [1.82, 2.24) is 24.8 Å². The Kier molecular flexibility index (Phi) is 8.68. The lowest BCUT2D eigenvalue weighted by Crippen LogP contribution is -2.22. The molecule has 256 valence electrons. The van der Waals surface area contributed by atoms with Gasteiger partial charge in [-0.3, -0.25) is 19.6 Å². The summed E-state index contributed by atoms with van der Waals surface area (Å²) in [6.07, 6.45) is 6.88. The van der Waals surface area contributed by atoms with Crippen LogP contribution in [-0.4, -0.2) is 62.0 Å². The van der Waals surface area contributed by atoms with Crippen molar-refractivity contribution in [2.75, 3.05) is 31.5 Å². The third-order valence-electron chi connectivity index (χ3n) is 10.5. The number of aliphatic carboxylic acids is 1. The summed E-state index contributed by atoms with van der Waals surface area (Å²) in [7, 11) is 0. The average molecular weight is 678 g/mol. The number of pyridine rings is 2. The van der Waals surface area contributed by atoms with E-state index >= 15 is 0 Å². The van der Waals surface area contributed by atoms with Crippen LogP contribution in [0.1, 0.15) is 47.1 Å². The summed E-state index contributed by atoms with van der Waals surface area (Å²) < 4.78 is 6.29. The number of likely N-dealkylation sites (tertiary alicyclic amines) is 2. The molecule has 0 bridgehead atoms. The molecule has 0 saturated carbocycles. The molecule has 2 aliphatic heterocycles. The number of benzene rings is 3. The van der Waals surface area contributed by atoms with Crippen LogP contribution in [0.5, 0.6) is 0 Å². The van der Waals surface area contributed by atoms with Gasteiger partial charge in [0, 0.05) is 48.7 Å². The molecule has 0 radical (unpaired) electrons. The van der Waals surface area contributed by atoms with Crippen molar-refractivity contribution in [3.8, 4) is 28.7 Å². The van der Waals surface area contributed by atoms with Gasteiger partial charge in [-0.1, -0.05) is 24.3 Å². The zero-order valence-corrected chi connectivity index (χ0v) is 28.8. The molecule has 3 aromatic carbocycles. The summed E-state index contributed by atoms with van der Waals surface area (Å²) in [5.74, 6) is 0.0612. The van der Waals surface area contributed by atoms with Crippen molar-refractivity contribution in [3.05, 3.63) is 101 Å². The van der Waals surface area contributed by atoms with Gasteiger partial charge in [0.05, 0.1) is 11.5 Å². The number of aromatic nitrogens is 3. The van der Waals surface area contributed by atoms with Gasteiger partial charge in [0.2, 0.25) is 5.89 Å². The van der Waals surface area contributed by atoms with Crippen LogP contribution in [0.4, 0.5) is 11.5 Å². The van der Waals surface area contributed by atoms with Crippen molar-refractivity contribution in [1.29, 1.82) is 5.26 Å². The van der Waals surface area contributed by atoms with Crippen LogP contribution >= 0.6 is 0 Å². The second-order valence-electron chi connectivity index (χ2n) is 13.8. The van der Waals surface area contributed by atoms with Crippen LogP contribution in [0.25, 0.3) is 44.6 Å². The number of carbonyl (C=O) groups is 1. The second kappa shape index (κ2) is 13.6. The van der Waals surface area contributed by atoms with Gasteiger partial charge in [-0.05, 0) is 123 Å². The summed E-state index contributed by atoms with van der Waals surface area (Å²) in [5, 5.41) is 24.1. The van der Waals surface area contributed by atoms with E-state index in [9.17, 15) is 15.2 Å². The van der Waals surface area contributed by atoms with Crippen molar-refractivity contribution in [2.45, 2.75) is 46.2 Å². The zero-order chi connectivity index (χ0) is 35.1. The van der Waals surface area contributed by atoms with E-state index in [-0.39, 0.29) is 5.92 Å². The Morgan fingerprint density at radius 3 is 2.49 bits per heavy atom. The van der Waals surface area contributed by atoms with E-state index in [1.165, 1.54) is 18.4 Å². The third-order valence-corrected chi connectivity index (χ3v) is 10.5. The molecule has 10 heteroatoms. The minimum atomic E-state index is -0.761. The van der Waals surface area contributed by atoms with Gasteiger partial charge in [-0.2, -0.15) is 5.26 Å². The predicted molar refractivity (Wildman–Crippen MR) is 197 cm³/mol. The number of rotatable bonds is 9. The molecule has 0 aliphatic carbocycles. The Bertz CT molecular complexity index is 2340. The maximum atomic E-state index is 11.5. The van der Waals surface area contributed by atoms with E-state index in [2.05, 4.69) is 65.4 Å². The molecule has 6 aromatic rings. The van der Waals surface area contributed by atoms with E-state index in [1.54, 1.807) is 0 Å². The van der Waals surface area contributed by atoms with Crippen LogP contribution in [-0.2, 0) is 17.9 Å². The zero-order valence-electron chi connectivity index (χ0n) is 28.8. The number of fused-ring (bicyclic) bond motifs is 2. The number of oxazole rings is 1. The molecule has 51 heavy (non-hydrogen) atoms. The number of carboxylic acids is 1. The fourth-order valence-electron chi connectivity index (χ4n) is 7.71. The van der Waals surface area contributed by atoms with E-state index in [0.29, 0.717) is 48.6 Å². The highest BCUT2D eigenvalue weighted by Crippen LogP contribution is 2.38. The maximum Gasteiger partial charge on any atom is 0.307 e. The number of carboxylic acid groups (broad SMARTS) is 1. The van der Waals surface area contributed by atoms with Crippen molar-refractivity contribution < 1.29 is 14.3 Å². The Morgan fingerprint density at radius 1 is 0.941 bits per heavy atom. The summed E-state index contributed by atoms with van der Waals surface area (Å²) in [4.78, 5) is 30.4. The molecule has 2 fully saturated rings. The van der Waals surface area contributed by atoms with Gasteiger partial charge < -0.3 is 14.8 Å². The average Bonchev–Trinajstić information content (AvgIpc) is 3.92. The van der Waals surface area contributed by atoms with Crippen molar-refractivity contribution in [3.63, 3.8) is 0 Å². The van der Waals surface area contributed by atoms with Crippen LogP contribution in [0.3, 0.4) is 0 Å². The first-order valence-corrected chi connectivity index (χ1v) is 17.6. The summed E-state index contributed by atoms with van der Waals surface area (Å²) >= 11 is 0. The summed E-state index contributed by atoms with van der Waals surface area (Å²) in [6.45, 7) is 9.13. The molecule has 5 heterocycles. The van der Waals surface area contributed by atoms with Crippen LogP contribution in [0.15, 0.2) is 77.5 Å². The molecule has 1 atom stereocenters. The van der Waals surface area contributed by atoms with E-state index < -0.39 is 5.97 Å². The molecule has 10 nitrogen and oxygen atoms in total. The molecule has 0 unspecified atom stereocenters. The maximum absolute atomic E-state index is 11.5. The van der Waals surface area contributed by atoms with Gasteiger partial charge in [0.25, 0.3) is 0 Å². The van der Waals surface area contributed by atoms with E-state index in [4.69, 9.17) is 19.4 Å². The molecule has 0 spiro atoms. The minimum absolute atomic E-state index is 0.359. The normalized spacial score (nSPS) is 16.6. The first-order valence-electron chi connectivity index (χ1n) is 17.6. The molecule has 2 aliphatic rings. The van der Waals surface area contributed by atoms with Gasteiger partial charge in [0.15, 0.2) is 11.4 Å². The number of anilines is 2. The Balaban J connectivity index is 1.09. The topological polar surface area (TPSA) is 131 Å². The number of hydrogen-bond donors (Lipinski definition) is 2. The highest BCUT2D eigenvalue weighted by Gasteiger charge is 2.28. The Morgan fingerprint density at radius 2 is 1.71 bits per heavy atom. The van der Waals surface area contributed by atoms with Crippen LogP contribution in [0, 0.1) is 31.1 Å². The SMILES string of the molecule is Cc1c(Nc2nccc3c(CN4CCCC4)ccnc23)cccc1-c1cccc(-c2nc3cc(CN4CC[C@H](C(=O)O)C4)cc(C#N)c3o2)c1C.